The Bertz CT molecular complexity index is 1390. The zero-order valence-corrected chi connectivity index (χ0v) is 21.1. The molecule has 7 heteroatoms. The van der Waals surface area contributed by atoms with Gasteiger partial charge in [-0.1, -0.05) is 72.3 Å². The maximum atomic E-state index is 13.2. The lowest BCUT2D eigenvalue weighted by molar-refractivity contribution is -0.154. The number of ketones is 1. The number of amides is 1. The molecule has 0 bridgehead atoms. The summed E-state index contributed by atoms with van der Waals surface area (Å²) in [6.45, 7) is 5.37. The minimum atomic E-state index is -1.16. The molecule has 4 aromatic rings. The molecule has 4 rings (SSSR count). The predicted octanol–water partition coefficient (Wildman–Crippen LogP) is 6.10. The molecule has 0 saturated heterocycles. The molecule has 0 radical (unpaired) electrons. The van der Waals surface area contributed by atoms with Gasteiger partial charge < -0.3 is 10.1 Å². The van der Waals surface area contributed by atoms with Crippen LogP contribution in [0.15, 0.2) is 78.9 Å². The van der Waals surface area contributed by atoms with Crippen LogP contribution in [0.4, 0.5) is 5.69 Å². The third-order valence-corrected chi connectivity index (χ3v) is 6.53. The molecule has 1 heterocycles. The second kappa shape index (κ2) is 11.1. The van der Waals surface area contributed by atoms with Crippen molar-refractivity contribution in [3.8, 4) is 11.3 Å². The monoisotopic (exact) mass is 498 g/mol. The fourth-order valence-corrected chi connectivity index (χ4v) is 4.70. The van der Waals surface area contributed by atoms with Gasteiger partial charge in [-0.15, -0.1) is 11.3 Å². The van der Waals surface area contributed by atoms with Crippen LogP contribution in [0.1, 0.15) is 44.4 Å². The first-order valence-corrected chi connectivity index (χ1v) is 12.3. The molecule has 1 amide bonds. The number of aryl methyl sites for hydroxylation is 2. The molecule has 0 aliphatic carbocycles. The summed E-state index contributed by atoms with van der Waals surface area (Å²) in [6, 6.07) is 23.5. The summed E-state index contributed by atoms with van der Waals surface area (Å²) in [5.74, 6) is -1.15. The van der Waals surface area contributed by atoms with Crippen LogP contribution in [0.3, 0.4) is 0 Å². The lowest BCUT2D eigenvalue weighted by atomic mass is 10.1. The average Bonchev–Trinajstić information content (AvgIpc) is 3.23. The van der Waals surface area contributed by atoms with Crippen molar-refractivity contribution in [1.82, 2.24) is 4.98 Å². The zero-order valence-electron chi connectivity index (χ0n) is 20.3. The first kappa shape index (κ1) is 25.0. The summed E-state index contributed by atoms with van der Waals surface area (Å²) in [5.41, 5.74) is 4.28. The van der Waals surface area contributed by atoms with Gasteiger partial charge in [-0.2, -0.15) is 0 Å². The van der Waals surface area contributed by atoms with Gasteiger partial charge in [0.25, 0.3) is 5.91 Å². The average molecular weight is 499 g/mol. The van der Waals surface area contributed by atoms with Gasteiger partial charge in [0.1, 0.15) is 0 Å². The van der Waals surface area contributed by atoms with Gasteiger partial charge in [-0.3, -0.25) is 14.4 Å². The highest BCUT2D eigenvalue weighted by Crippen LogP contribution is 2.30. The van der Waals surface area contributed by atoms with E-state index < -0.39 is 18.0 Å². The van der Waals surface area contributed by atoms with Crippen molar-refractivity contribution in [2.75, 3.05) is 5.32 Å². The standard InChI is InChI=1S/C29H26N2O4S/c1-18-12-14-21(15-13-18)27-25(36-20(3)30-27)17-26(33)35-28(22-8-5-4-6-9-22)29(34)31-24-11-7-10-23(16-24)19(2)32/h4-16,28H,17H2,1-3H3,(H,31,34). The normalized spacial score (nSPS) is 11.5. The number of aromatic nitrogens is 1. The molecule has 0 fully saturated rings. The molecule has 0 aliphatic heterocycles. The highest BCUT2D eigenvalue weighted by atomic mass is 32.1. The number of carbonyl (C=O) groups is 3. The minimum absolute atomic E-state index is 0.00878. The van der Waals surface area contributed by atoms with E-state index in [1.807, 2.05) is 44.2 Å². The number of anilines is 1. The quantitative estimate of drug-likeness (QED) is 0.235. The molecule has 1 N–H and O–H groups in total. The van der Waals surface area contributed by atoms with Crippen LogP contribution in [-0.2, 0) is 20.7 Å². The van der Waals surface area contributed by atoms with E-state index in [1.54, 1.807) is 48.5 Å². The number of carbonyl (C=O) groups excluding carboxylic acids is 3. The smallest absolute Gasteiger partial charge is 0.312 e. The maximum absolute atomic E-state index is 13.2. The van der Waals surface area contributed by atoms with Gasteiger partial charge >= 0.3 is 5.97 Å². The molecule has 1 atom stereocenters. The van der Waals surface area contributed by atoms with Crippen LogP contribution in [0.2, 0.25) is 0 Å². The largest absolute Gasteiger partial charge is 0.447 e. The van der Waals surface area contributed by atoms with E-state index >= 15 is 0 Å². The van der Waals surface area contributed by atoms with Crippen LogP contribution in [-0.4, -0.2) is 22.6 Å². The molecule has 1 unspecified atom stereocenters. The number of benzene rings is 3. The summed E-state index contributed by atoms with van der Waals surface area (Å²) in [6.07, 6.45) is -1.16. The Hall–Kier alpha value is -4.10. The Morgan fingerprint density at radius 1 is 0.944 bits per heavy atom. The third-order valence-electron chi connectivity index (χ3n) is 5.56. The number of esters is 1. The first-order chi connectivity index (χ1) is 17.3. The molecule has 0 saturated carbocycles. The van der Waals surface area contributed by atoms with Gasteiger partial charge in [0.15, 0.2) is 5.78 Å². The highest BCUT2D eigenvalue weighted by Gasteiger charge is 2.26. The maximum Gasteiger partial charge on any atom is 0.312 e. The molecule has 36 heavy (non-hydrogen) atoms. The number of nitrogens with zero attached hydrogens (tertiary/aromatic N) is 1. The highest BCUT2D eigenvalue weighted by molar-refractivity contribution is 7.12. The Balaban J connectivity index is 1.55. The van der Waals surface area contributed by atoms with E-state index in [1.165, 1.54) is 18.3 Å². The lowest BCUT2D eigenvalue weighted by Gasteiger charge is -2.18. The van der Waals surface area contributed by atoms with Gasteiger partial charge in [0.2, 0.25) is 6.10 Å². The minimum Gasteiger partial charge on any atom is -0.447 e. The van der Waals surface area contributed by atoms with E-state index in [4.69, 9.17) is 4.74 Å². The van der Waals surface area contributed by atoms with Gasteiger partial charge in [-0.05, 0) is 32.9 Å². The lowest BCUT2D eigenvalue weighted by Crippen LogP contribution is -2.26. The molecular formula is C29H26N2O4S. The van der Waals surface area contributed by atoms with Crippen molar-refractivity contribution in [3.63, 3.8) is 0 Å². The molecule has 0 aliphatic rings. The molecule has 3 aromatic carbocycles. The summed E-state index contributed by atoms with van der Waals surface area (Å²) < 4.78 is 5.73. The summed E-state index contributed by atoms with van der Waals surface area (Å²) in [7, 11) is 0. The Morgan fingerprint density at radius 2 is 1.67 bits per heavy atom. The number of ether oxygens (including phenoxy) is 1. The second-order valence-electron chi connectivity index (χ2n) is 8.45. The molecular weight excluding hydrogens is 472 g/mol. The van der Waals surface area contributed by atoms with Crippen LogP contribution < -0.4 is 5.32 Å². The van der Waals surface area contributed by atoms with E-state index in [0.717, 1.165) is 26.7 Å². The zero-order chi connectivity index (χ0) is 25.7. The number of hydrogen-bond acceptors (Lipinski definition) is 6. The molecule has 6 nitrogen and oxygen atoms in total. The fraction of sp³-hybridized carbons (Fsp3) is 0.172. The van der Waals surface area contributed by atoms with E-state index in [9.17, 15) is 14.4 Å². The van der Waals surface area contributed by atoms with Crippen molar-refractivity contribution in [2.24, 2.45) is 0 Å². The summed E-state index contributed by atoms with van der Waals surface area (Å²) in [4.78, 5) is 43.4. The number of thiazole rings is 1. The van der Waals surface area contributed by atoms with Crippen molar-refractivity contribution in [3.05, 3.63) is 105 Å². The Labute approximate surface area is 214 Å². The predicted molar refractivity (Wildman–Crippen MR) is 141 cm³/mol. The number of nitrogens with one attached hydrogen (secondary N) is 1. The van der Waals surface area contributed by atoms with E-state index in [2.05, 4.69) is 10.3 Å². The molecule has 182 valence electrons. The number of hydrogen-bond donors (Lipinski definition) is 1. The summed E-state index contributed by atoms with van der Waals surface area (Å²) in [5, 5.41) is 3.62. The second-order valence-corrected chi connectivity index (χ2v) is 9.74. The van der Waals surface area contributed by atoms with Gasteiger partial charge in [0.05, 0.1) is 17.1 Å². The topological polar surface area (TPSA) is 85.4 Å². The Morgan fingerprint density at radius 3 is 2.36 bits per heavy atom. The van der Waals surface area contributed by atoms with Crippen LogP contribution in [0.5, 0.6) is 0 Å². The van der Waals surface area contributed by atoms with Crippen LogP contribution in [0, 0.1) is 13.8 Å². The number of Topliss-reactive ketones (excluding diaryl/α,β-unsaturated/α-hetero) is 1. The SMILES string of the molecule is CC(=O)c1cccc(NC(=O)C(OC(=O)Cc2sc(C)nc2-c2ccc(C)cc2)c2ccccc2)c1. The van der Waals surface area contributed by atoms with E-state index in [-0.39, 0.29) is 12.2 Å². The van der Waals surface area contributed by atoms with Gasteiger partial charge in [0, 0.05) is 27.3 Å². The van der Waals surface area contributed by atoms with Crippen molar-refractivity contribution in [1.29, 1.82) is 0 Å². The van der Waals surface area contributed by atoms with E-state index in [0.29, 0.717) is 16.8 Å². The van der Waals surface area contributed by atoms with Gasteiger partial charge in [-0.25, -0.2) is 4.98 Å². The van der Waals surface area contributed by atoms with Crippen molar-refractivity contribution in [2.45, 2.75) is 33.3 Å². The first-order valence-electron chi connectivity index (χ1n) is 11.5. The summed E-state index contributed by atoms with van der Waals surface area (Å²) >= 11 is 1.44. The number of rotatable bonds is 8. The Kier molecular flexibility index (Phi) is 7.71. The molecule has 1 aromatic heterocycles. The van der Waals surface area contributed by atoms with Crippen molar-refractivity contribution >= 4 is 34.7 Å². The molecule has 0 spiro atoms. The van der Waals surface area contributed by atoms with Crippen molar-refractivity contribution < 1.29 is 19.1 Å². The third kappa shape index (κ3) is 6.12. The fourth-order valence-electron chi connectivity index (χ4n) is 3.75. The van der Waals surface area contributed by atoms with Crippen LogP contribution >= 0.6 is 11.3 Å². The van der Waals surface area contributed by atoms with Crippen LogP contribution in [0.25, 0.3) is 11.3 Å².